The van der Waals surface area contributed by atoms with E-state index < -0.39 is 0 Å². The minimum Gasteiger partial charge on any atom is -0.260 e. The highest BCUT2D eigenvalue weighted by molar-refractivity contribution is 7.12. The molecular formula is C21H18ClN3S. The van der Waals surface area contributed by atoms with Gasteiger partial charge in [0.2, 0.25) is 0 Å². The second kappa shape index (κ2) is 7.06. The molecule has 5 heteroatoms. The number of thiophene rings is 1. The number of hydrogen-bond donors (Lipinski definition) is 1. The molecule has 1 N–H and O–H groups in total. The van der Waals surface area contributed by atoms with Gasteiger partial charge in [-0.1, -0.05) is 55.8 Å². The van der Waals surface area contributed by atoms with Gasteiger partial charge in [0.05, 0.1) is 10.6 Å². The molecule has 0 radical (unpaired) electrons. The largest absolute Gasteiger partial charge is 0.260 e. The summed E-state index contributed by atoms with van der Waals surface area (Å²) in [7, 11) is 0. The van der Waals surface area contributed by atoms with Gasteiger partial charge in [-0.15, -0.1) is 11.3 Å². The Morgan fingerprint density at radius 3 is 2.54 bits per heavy atom. The lowest BCUT2D eigenvalue weighted by molar-refractivity contribution is 0.866. The summed E-state index contributed by atoms with van der Waals surface area (Å²) in [5, 5.41) is 7.37. The van der Waals surface area contributed by atoms with Crippen LogP contribution in [0.5, 0.6) is 0 Å². The van der Waals surface area contributed by atoms with Crippen molar-refractivity contribution in [2.75, 3.05) is 0 Å². The van der Waals surface area contributed by atoms with E-state index in [1.54, 1.807) is 11.3 Å². The highest BCUT2D eigenvalue weighted by Gasteiger charge is 2.18. The minimum atomic E-state index is 0.499. The fraction of sp³-hybridized carbons (Fsp3) is 0.143. The number of halogens is 1. The van der Waals surface area contributed by atoms with Crippen LogP contribution in [-0.2, 0) is 0 Å². The van der Waals surface area contributed by atoms with Crippen LogP contribution in [0.2, 0.25) is 5.02 Å². The molecule has 0 bridgehead atoms. The topological polar surface area (TPSA) is 36.8 Å². The van der Waals surface area contributed by atoms with E-state index in [1.807, 2.05) is 29.6 Å². The maximum absolute atomic E-state index is 6.24. The van der Waals surface area contributed by atoms with E-state index in [0.29, 0.717) is 10.9 Å². The molecule has 3 aromatic rings. The number of amidine groups is 1. The molecule has 0 spiro atoms. The molecule has 0 atom stereocenters. The third-order valence-corrected chi connectivity index (χ3v) is 5.44. The van der Waals surface area contributed by atoms with E-state index >= 15 is 0 Å². The molecule has 0 saturated heterocycles. The molecule has 0 amide bonds. The lowest BCUT2D eigenvalue weighted by atomic mass is 10.0. The van der Waals surface area contributed by atoms with Gasteiger partial charge < -0.3 is 0 Å². The molecule has 4 rings (SSSR count). The van der Waals surface area contributed by atoms with Crippen molar-refractivity contribution < 1.29 is 0 Å². The first-order valence-electron chi connectivity index (χ1n) is 8.48. The second-order valence-electron chi connectivity index (χ2n) is 6.45. The Kier molecular flexibility index (Phi) is 4.62. The van der Waals surface area contributed by atoms with E-state index in [4.69, 9.17) is 16.6 Å². The third-order valence-electron chi connectivity index (χ3n) is 4.32. The molecule has 0 unspecified atom stereocenters. The maximum Gasteiger partial charge on any atom is 0.154 e. The number of nitrogens with one attached hydrogen (secondary N) is 1. The summed E-state index contributed by atoms with van der Waals surface area (Å²) >= 11 is 7.88. The van der Waals surface area contributed by atoms with Gasteiger partial charge in [0.15, 0.2) is 5.84 Å². The van der Waals surface area contributed by atoms with Crippen molar-refractivity contribution in [2.45, 2.75) is 19.8 Å². The smallest absolute Gasteiger partial charge is 0.154 e. The van der Waals surface area contributed by atoms with Gasteiger partial charge in [0, 0.05) is 16.1 Å². The van der Waals surface area contributed by atoms with Crippen LogP contribution in [0, 0.1) is 0 Å². The normalized spacial score (nSPS) is 13.5. The van der Waals surface area contributed by atoms with Crippen molar-refractivity contribution in [3.8, 4) is 0 Å². The van der Waals surface area contributed by atoms with Gasteiger partial charge in [-0.3, -0.25) is 5.43 Å². The molecule has 0 fully saturated rings. The first-order valence-corrected chi connectivity index (χ1v) is 9.74. The summed E-state index contributed by atoms with van der Waals surface area (Å²) in [5.41, 5.74) is 8.11. The molecule has 2 heterocycles. The summed E-state index contributed by atoms with van der Waals surface area (Å²) in [4.78, 5) is 5.90. The van der Waals surface area contributed by atoms with E-state index in [9.17, 15) is 0 Å². The SMILES string of the molecule is CC(C)c1ccc(C2=Nc3ccc(Cl)cc3C(c3cccs3)=NN2)cc1. The molecule has 1 aliphatic rings. The average Bonchev–Trinajstić information content (AvgIpc) is 3.10. The number of fused-ring (bicyclic) bond motifs is 1. The number of hydrogen-bond acceptors (Lipinski definition) is 4. The first-order chi connectivity index (χ1) is 12.6. The van der Waals surface area contributed by atoms with Crippen molar-refractivity contribution in [3.05, 3.63) is 86.6 Å². The third kappa shape index (κ3) is 3.30. The Labute approximate surface area is 162 Å². The van der Waals surface area contributed by atoms with Crippen LogP contribution in [0.4, 0.5) is 5.69 Å². The van der Waals surface area contributed by atoms with Gasteiger partial charge in [0.25, 0.3) is 0 Å². The maximum atomic E-state index is 6.24. The van der Waals surface area contributed by atoms with Gasteiger partial charge >= 0.3 is 0 Å². The Morgan fingerprint density at radius 1 is 1.04 bits per heavy atom. The summed E-state index contributed by atoms with van der Waals surface area (Å²) in [6.45, 7) is 4.38. The molecule has 0 aliphatic carbocycles. The molecule has 130 valence electrons. The van der Waals surface area contributed by atoms with Crippen LogP contribution in [0.15, 0.2) is 70.1 Å². The Bertz CT molecular complexity index is 987. The lowest BCUT2D eigenvalue weighted by Gasteiger charge is -2.08. The second-order valence-corrected chi connectivity index (χ2v) is 7.83. The van der Waals surface area contributed by atoms with Crippen LogP contribution in [0.1, 0.15) is 41.3 Å². The number of nitrogens with zero attached hydrogens (tertiary/aromatic N) is 2. The Hall–Kier alpha value is -2.43. The van der Waals surface area contributed by atoms with Crippen LogP contribution < -0.4 is 5.43 Å². The van der Waals surface area contributed by atoms with Crippen LogP contribution in [0.3, 0.4) is 0 Å². The summed E-state index contributed by atoms with van der Waals surface area (Å²) < 4.78 is 0. The number of hydrazone groups is 1. The number of benzene rings is 2. The summed E-state index contributed by atoms with van der Waals surface area (Å²) in [6.07, 6.45) is 0. The fourth-order valence-corrected chi connectivity index (χ4v) is 3.77. The number of aliphatic imine (C=N–C) groups is 1. The molecular weight excluding hydrogens is 362 g/mol. The summed E-state index contributed by atoms with van der Waals surface area (Å²) in [6, 6.07) is 18.2. The molecule has 0 saturated carbocycles. The Morgan fingerprint density at radius 2 is 1.85 bits per heavy atom. The predicted molar refractivity (Wildman–Crippen MR) is 111 cm³/mol. The predicted octanol–water partition coefficient (Wildman–Crippen LogP) is 5.96. The van der Waals surface area contributed by atoms with Crippen molar-refractivity contribution in [2.24, 2.45) is 10.1 Å². The molecule has 3 nitrogen and oxygen atoms in total. The van der Waals surface area contributed by atoms with Crippen molar-refractivity contribution >= 4 is 40.2 Å². The first kappa shape index (κ1) is 17.0. The zero-order valence-electron chi connectivity index (χ0n) is 14.5. The van der Waals surface area contributed by atoms with Crippen molar-refractivity contribution in [3.63, 3.8) is 0 Å². The van der Waals surface area contributed by atoms with Crippen molar-refractivity contribution in [1.29, 1.82) is 0 Å². The Balaban J connectivity index is 1.80. The van der Waals surface area contributed by atoms with Crippen molar-refractivity contribution in [1.82, 2.24) is 5.43 Å². The fourth-order valence-electron chi connectivity index (χ4n) is 2.87. The summed E-state index contributed by atoms with van der Waals surface area (Å²) in [5.74, 6) is 1.23. The van der Waals surface area contributed by atoms with Gasteiger partial charge in [-0.2, -0.15) is 5.10 Å². The van der Waals surface area contributed by atoms with Crippen LogP contribution >= 0.6 is 22.9 Å². The highest BCUT2D eigenvalue weighted by Crippen LogP contribution is 2.30. The zero-order valence-corrected chi connectivity index (χ0v) is 16.1. The van der Waals surface area contributed by atoms with E-state index in [0.717, 1.165) is 33.2 Å². The van der Waals surface area contributed by atoms with E-state index in [-0.39, 0.29) is 0 Å². The van der Waals surface area contributed by atoms with Crippen LogP contribution in [0.25, 0.3) is 0 Å². The quantitative estimate of drug-likeness (QED) is 0.599. The molecule has 26 heavy (non-hydrogen) atoms. The lowest BCUT2D eigenvalue weighted by Crippen LogP contribution is -2.19. The standard InChI is InChI=1S/C21H18ClN3S/c1-13(2)14-5-7-15(8-6-14)21-23-18-10-9-16(22)12-17(18)20(24-25-21)19-4-3-11-26-19/h3-13H,1-2H3,(H,23,25). The van der Waals surface area contributed by atoms with Gasteiger partial charge in [-0.25, -0.2) is 4.99 Å². The monoisotopic (exact) mass is 379 g/mol. The van der Waals surface area contributed by atoms with Crippen LogP contribution in [-0.4, -0.2) is 11.5 Å². The zero-order chi connectivity index (χ0) is 18.1. The van der Waals surface area contributed by atoms with Gasteiger partial charge in [0.1, 0.15) is 5.71 Å². The van der Waals surface area contributed by atoms with Gasteiger partial charge in [-0.05, 0) is 41.1 Å². The number of rotatable bonds is 3. The molecule has 1 aliphatic heterocycles. The molecule has 1 aromatic heterocycles. The van der Waals surface area contributed by atoms with E-state index in [2.05, 4.69) is 54.7 Å². The molecule has 2 aromatic carbocycles. The average molecular weight is 380 g/mol. The minimum absolute atomic E-state index is 0.499. The van der Waals surface area contributed by atoms with E-state index in [1.165, 1.54) is 5.56 Å². The highest BCUT2D eigenvalue weighted by atomic mass is 35.5.